The molecule has 1 N–H and O–H groups in total. The van der Waals surface area contributed by atoms with E-state index in [2.05, 4.69) is 30.3 Å². The van der Waals surface area contributed by atoms with E-state index in [0.29, 0.717) is 22.6 Å². The summed E-state index contributed by atoms with van der Waals surface area (Å²) in [5.74, 6) is 2.64. The molecule has 8 nitrogen and oxygen atoms in total. The quantitative estimate of drug-likeness (QED) is 0.320. The van der Waals surface area contributed by atoms with Gasteiger partial charge in [-0.05, 0) is 67.6 Å². The number of benzene rings is 2. The first-order valence-electron chi connectivity index (χ1n) is 11.9. The number of ether oxygens (including phenoxy) is 1. The van der Waals surface area contributed by atoms with Gasteiger partial charge in [-0.3, -0.25) is 0 Å². The number of aromatic nitrogens is 3. The van der Waals surface area contributed by atoms with Crippen molar-refractivity contribution in [1.29, 1.82) is 0 Å². The van der Waals surface area contributed by atoms with Crippen molar-refractivity contribution in [1.82, 2.24) is 15.0 Å². The molecule has 3 heterocycles. The van der Waals surface area contributed by atoms with E-state index in [0.717, 1.165) is 80.6 Å². The van der Waals surface area contributed by atoms with E-state index in [1.807, 2.05) is 30.3 Å². The van der Waals surface area contributed by atoms with Crippen LogP contribution < -0.4 is 20.0 Å². The molecule has 2 aromatic carbocycles. The van der Waals surface area contributed by atoms with Crippen LogP contribution in [0.15, 0.2) is 47.6 Å². The Morgan fingerprint density at radius 2 is 1.49 bits per heavy atom. The van der Waals surface area contributed by atoms with Gasteiger partial charge in [0, 0.05) is 41.8 Å². The van der Waals surface area contributed by atoms with Crippen LogP contribution in [0.1, 0.15) is 36.8 Å². The van der Waals surface area contributed by atoms with Gasteiger partial charge in [-0.1, -0.05) is 29.3 Å². The lowest BCUT2D eigenvalue weighted by Crippen LogP contribution is -2.25. The van der Waals surface area contributed by atoms with Gasteiger partial charge in [0.15, 0.2) is 0 Å². The van der Waals surface area contributed by atoms with Crippen LogP contribution in [0.25, 0.3) is 0 Å². The fourth-order valence-electron chi connectivity index (χ4n) is 4.14. The Bertz CT molecular complexity index is 1140. The third kappa shape index (κ3) is 6.13. The number of anilines is 3. The van der Waals surface area contributed by atoms with Crippen LogP contribution in [-0.2, 0) is 6.61 Å². The maximum atomic E-state index is 6.21. The topological polar surface area (TPSA) is 78.8 Å². The minimum absolute atomic E-state index is 0.364. The second kappa shape index (κ2) is 11.1. The molecule has 5 rings (SSSR count). The fraction of sp³-hybridized carbons (Fsp3) is 0.360. The van der Waals surface area contributed by atoms with Crippen LogP contribution in [0.5, 0.6) is 5.75 Å². The summed E-state index contributed by atoms with van der Waals surface area (Å²) in [7, 11) is 0. The molecule has 2 aliphatic heterocycles. The first-order chi connectivity index (χ1) is 17.1. The summed E-state index contributed by atoms with van der Waals surface area (Å²) in [6.45, 7) is 4.27. The number of hydrogen-bond acceptors (Lipinski definition) is 8. The highest BCUT2D eigenvalue weighted by molar-refractivity contribution is 6.35. The Hall–Kier alpha value is -3.10. The van der Waals surface area contributed by atoms with Crippen LogP contribution in [-0.4, -0.2) is 47.3 Å². The smallest absolute Gasteiger partial charge is 0.250 e. The molecule has 182 valence electrons. The first-order valence-corrected chi connectivity index (χ1v) is 12.6. The van der Waals surface area contributed by atoms with Gasteiger partial charge in [0.05, 0.1) is 6.21 Å². The molecule has 1 aromatic heterocycles. The van der Waals surface area contributed by atoms with E-state index in [1.165, 1.54) is 0 Å². The maximum absolute atomic E-state index is 6.21. The predicted molar refractivity (Wildman–Crippen MR) is 141 cm³/mol. The molecule has 0 aliphatic carbocycles. The van der Waals surface area contributed by atoms with E-state index in [-0.39, 0.29) is 0 Å². The standard InChI is InChI=1S/C25H27Cl2N7O/c26-20-8-7-19(22(27)15-20)17-35-21-9-5-18(6-10-21)16-28-32-23-29-24(33-11-1-2-12-33)31-25(30-23)34-13-3-4-14-34/h5-10,15-16H,1-4,11-14,17H2,(H,29,30,31,32)/b28-16-. The first kappa shape index (κ1) is 23.6. The molecule has 2 aliphatic rings. The molecule has 0 radical (unpaired) electrons. The van der Waals surface area contributed by atoms with Gasteiger partial charge in [-0.2, -0.15) is 20.1 Å². The minimum atomic E-state index is 0.364. The van der Waals surface area contributed by atoms with Gasteiger partial charge in [0.2, 0.25) is 17.8 Å². The number of halogens is 2. The van der Waals surface area contributed by atoms with Crippen LogP contribution in [0, 0.1) is 0 Å². The molecule has 0 unspecified atom stereocenters. The lowest BCUT2D eigenvalue weighted by Gasteiger charge is -2.20. The highest BCUT2D eigenvalue weighted by Gasteiger charge is 2.21. The van der Waals surface area contributed by atoms with Gasteiger partial charge in [0.25, 0.3) is 0 Å². The fourth-order valence-corrected chi connectivity index (χ4v) is 4.60. The summed E-state index contributed by atoms with van der Waals surface area (Å²) >= 11 is 12.2. The van der Waals surface area contributed by atoms with Crippen molar-refractivity contribution in [3.8, 4) is 5.75 Å². The normalized spacial score (nSPS) is 15.8. The number of nitrogens with one attached hydrogen (secondary N) is 1. The third-order valence-corrected chi connectivity index (χ3v) is 6.64. The number of nitrogens with zero attached hydrogens (tertiary/aromatic N) is 6. The van der Waals surface area contributed by atoms with Crippen LogP contribution >= 0.6 is 23.2 Å². The van der Waals surface area contributed by atoms with Gasteiger partial charge < -0.3 is 14.5 Å². The monoisotopic (exact) mass is 511 g/mol. The van der Waals surface area contributed by atoms with Crippen molar-refractivity contribution in [2.75, 3.05) is 41.4 Å². The minimum Gasteiger partial charge on any atom is -0.489 e. The highest BCUT2D eigenvalue weighted by atomic mass is 35.5. The molecule has 2 fully saturated rings. The zero-order chi connectivity index (χ0) is 24.0. The lowest BCUT2D eigenvalue weighted by atomic mass is 10.2. The van der Waals surface area contributed by atoms with Gasteiger partial charge in [-0.25, -0.2) is 5.43 Å². The van der Waals surface area contributed by atoms with Crippen LogP contribution in [0.2, 0.25) is 10.0 Å². The van der Waals surface area contributed by atoms with Crippen molar-refractivity contribution >= 4 is 47.3 Å². The molecule has 35 heavy (non-hydrogen) atoms. The molecule has 0 spiro atoms. The second-order valence-corrected chi connectivity index (χ2v) is 9.45. The molecule has 0 amide bonds. The van der Waals surface area contributed by atoms with E-state index in [9.17, 15) is 0 Å². The molecule has 2 saturated heterocycles. The van der Waals surface area contributed by atoms with E-state index in [1.54, 1.807) is 18.3 Å². The maximum Gasteiger partial charge on any atom is 0.250 e. The predicted octanol–water partition coefficient (Wildman–Crippen LogP) is 5.40. The molecular formula is C25H27Cl2N7O. The summed E-state index contributed by atoms with van der Waals surface area (Å²) in [4.78, 5) is 18.4. The molecule has 3 aromatic rings. The summed E-state index contributed by atoms with van der Waals surface area (Å²) in [5, 5.41) is 5.55. The van der Waals surface area contributed by atoms with Crippen molar-refractivity contribution < 1.29 is 4.74 Å². The highest BCUT2D eigenvalue weighted by Crippen LogP contribution is 2.24. The Morgan fingerprint density at radius 3 is 2.09 bits per heavy atom. The third-order valence-electron chi connectivity index (χ3n) is 6.06. The zero-order valence-electron chi connectivity index (χ0n) is 19.3. The largest absolute Gasteiger partial charge is 0.489 e. The number of hydrazone groups is 1. The van der Waals surface area contributed by atoms with E-state index >= 15 is 0 Å². The van der Waals surface area contributed by atoms with E-state index < -0.39 is 0 Å². The van der Waals surface area contributed by atoms with Gasteiger partial charge >= 0.3 is 0 Å². The summed E-state index contributed by atoms with van der Waals surface area (Å²) in [6.07, 6.45) is 6.39. The van der Waals surface area contributed by atoms with Crippen molar-refractivity contribution in [3.05, 3.63) is 63.6 Å². The Kier molecular flexibility index (Phi) is 7.49. The summed E-state index contributed by atoms with van der Waals surface area (Å²) in [6, 6.07) is 13.0. The van der Waals surface area contributed by atoms with Crippen LogP contribution in [0.3, 0.4) is 0 Å². The van der Waals surface area contributed by atoms with Crippen molar-refractivity contribution in [2.24, 2.45) is 5.10 Å². The zero-order valence-corrected chi connectivity index (χ0v) is 20.8. The number of hydrogen-bond donors (Lipinski definition) is 1. The summed E-state index contributed by atoms with van der Waals surface area (Å²) in [5.41, 5.74) is 4.79. The van der Waals surface area contributed by atoms with Gasteiger partial charge in [0.1, 0.15) is 12.4 Å². The van der Waals surface area contributed by atoms with Crippen LogP contribution in [0.4, 0.5) is 17.8 Å². The Morgan fingerprint density at radius 1 is 0.857 bits per heavy atom. The molecular weight excluding hydrogens is 485 g/mol. The molecule has 10 heteroatoms. The van der Waals surface area contributed by atoms with Crippen molar-refractivity contribution in [2.45, 2.75) is 32.3 Å². The second-order valence-electron chi connectivity index (χ2n) is 8.61. The average molecular weight is 512 g/mol. The average Bonchev–Trinajstić information content (AvgIpc) is 3.59. The van der Waals surface area contributed by atoms with E-state index in [4.69, 9.17) is 32.9 Å². The SMILES string of the molecule is Clc1ccc(COc2ccc(/C=N\Nc3nc(N4CCCC4)nc(N4CCCC4)n3)cc2)c(Cl)c1. The lowest BCUT2D eigenvalue weighted by molar-refractivity contribution is 0.306. The molecule has 0 saturated carbocycles. The Labute approximate surface area is 214 Å². The van der Waals surface area contributed by atoms with Gasteiger partial charge in [-0.15, -0.1) is 0 Å². The molecule has 0 bridgehead atoms. The molecule has 0 atom stereocenters. The van der Waals surface area contributed by atoms with Crippen molar-refractivity contribution in [3.63, 3.8) is 0 Å². The Balaban J connectivity index is 1.22. The number of rotatable bonds is 8. The summed E-state index contributed by atoms with van der Waals surface area (Å²) < 4.78 is 5.84.